The minimum atomic E-state index is -0.106. The Morgan fingerprint density at radius 1 is 1.12 bits per heavy atom. The summed E-state index contributed by atoms with van der Waals surface area (Å²) in [6.07, 6.45) is 11.5. The van der Waals surface area contributed by atoms with Gasteiger partial charge in [0.15, 0.2) is 0 Å². The number of likely N-dealkylation sites (tertiary alicyclic amines) is 1. The Hall–Kier alpha value is -1.92. The van der Waals surface area contributed by atoms with E-state index < -0.39 is 0 Å². The van der Waals surface area contributed by atoms with Gasteiger partial charge in [0.2, 0.25) is 0 Å². The molecule has 0 unspecified atom stereocenters. The topological polar surface area (TPSA) is 69.4 Å². The SMILES string of the molecule is O[C@H]1CCN(CC2CCC(c3ncn4cnc5[nH]ccc5c34)CC2)C1. The third-order valence-electron chi connectivity index (χ3n) is 6.11. The van der Waals surface area contributed by atoms with E-state index >= 15 is 0 Å². The third-order valence-corrected chi connectivity index (χ3v) is 6.11. The number of aromatic nitrogens is 4. The van der Waals surface area contributed by atoms with Gasteiger partial charge < -0.3 is 15.0 Å². The normalized spacial score (nSPS) is 28.3. The van der Waals surface area contributed by atoms with E-state index in [1.165, 1.54) is 42.3 Å². The van der Waals surface area contributed by atoms with Crippen LogP contribution in [-0.2, 0) is 0 Å². The molecule has 2 fully saturated rings. The van der Waals surface area contributed by atoms with Crippen LogP contribution >= 0.6 is 0 Å². The van der Waals surface area contributed by atoms with Crippen LogP contribution in [0.1, 0.15) is 43.7 Å². The number of hydrogen-bond acceptors (Lipinski definition) is 4. The van der Waals surface area contributed by atoms with Gasteiger partial charge in [-0.2, -0.15) is 0 Å². The van der Waals surface area contributed by atoms with E-state index in [1.807, 2.05) is 18.9 Å². The molecule has 0 amide bonds. The Morgan fingerprint density at radius 3 is 2.76 bits per heavy atom. The van der Waals surface area contributed by atoms with Crippen LogP contribution in [0.15, 0.2) is 24.9 Å². The lowest BCUT2D eigenvalue weighted by molar-refractivity contribution is 0.162. The zero-order valence-electron chi connectivity index (χ0n) is 14.4. The molecule has 1 atom stereocenters. The second-order valence-electron chi connectivity index (χ2n) is 7.79. The highest BCUT2D eigenvalue weighted by Crippen LogP contribution is 2.38. The molecule has 4 heterocycles. The van der Waals surface area contributed by atoms with Crippen LogP contribution in [0, 0.1) is 5.92 Å². The van der Waals surface area contributed by atoms with E-state index in [-0.39, 0.29) is 6.10 Å². The van der Waals surface area contributed by atoms with Gasteiger partial charge >= 0.3 is 0 Å². The predicted octanol–water partition coefficient (Wildman–Crippen LogP) is 2.55. The van der Waals surface area contributed by atoms with Crippen molar-refractivity contribution in [3.05, 3.63) is 30.6 Å². The molecule has 1 saturated carbocycles. The van der Waals surface area contributed by atoms with Crippen molar-refractivity contribution in [3.63, 3.8) is 0 Å². The summed E-state index contributed by atoms with van der Waals surface area (Å²) in [5.74, 6) is 1.32. The first-order valence-corrected chi connectivity index (χ1v) is 9.47. The fourth-order valence-corrected chi connectivity index (χ4v) is 4.78. The lowest BCUT2D eigenvalue weighted by Crippen LogP contribution is -2.30. The number of aliphatic hydroxyl groups excluding tert-OH is 1. The van der Waals surface area contributed by atoms with Crippen molar-refractivity contribution in [1.82, 2.24) is 24.3 Å². The first kappa shape index (κ1) is 15.3. The first-order valence-electron chi connectivity index (χ1n) is 9.47. The number of aromatic amines is 1. The average Bonchev–Trinajstić information content (AvgIpc) is 3.34. The van der Waals surface area contributed by atoms with Crippen molar-refractivity contribution >= 4 is 16.6 Å². The van der Waals surface area contributed by atoms with Gasteiger partial charge in [-0.1, -0.05) is 0 Å². The van der Waals surface area contributed by atoms with Crippen molar-refractivity contribution in [3.8, 4) is 0 Å². The number of imidazole rings is 1. The Kier molecular flexibility index (Phi) is 3.75. The highest BCUT2D eigenvalue weighted by atomic mass is 16.3. The second kappa shape index (κ2) is 6.11. The molecule has 25 heavy (non-hydrogen) atoms. The zero-order valence-corrected chi connectivity index (χ0v) is 14.4. The zero-order chi connectivity index (χ0) is 16.8. The van der Waals surface area contributed by atoms with E-state index in [2.05, 4.69) is 25.3 Å². The molecule has 0 aromatic carbocycles. The van der Waals surface area contributed by atoms with Crippen LogP contribution < -0.4 is 0 Å². The summed E-state index contributed by atoms with van der Waals surface area (Å²) in [7, 11) is 0. The van der Waals surface area contributed by atoms with E-state index in [9.17, 15) is 5.11 Å². The lowest BCUT2D eigenvalue weighted by atomic mass is 9.80. The summed E-state index contributed by atoms with van der Waals surface area (Å²) in [5.41, 5.74) is 3.40. The quantitative estimate of drug-likeness (QED) is 0.769. The molecule has 6 nitrogen and oxygen atoms in total. The molecule has 0 radical (unpaired) electrons. The maximum Gasteiger partial charge on any atom is 0.141 e. The summed E-state index contributed by atoms with van der Waals surface area (Å²) in [6, 6.07) is 2.10. The minimum Gasteiger partial charge on any atom is -0.392 e. The molecule has 2 N–H and O–H groups in total. The average molecular weight is 339 g/mol. The van der Waals surface area contributed by atoms with Gasteiger partial charge in [0, 0.05) is 37.1 Å². The summed E-state index contributed by atoms with van der Waals surface area (Å²) in [6.45, 7) is 3.08. The molecule has 132 valence electrons. The fraction of sp³-hybridized carbons (Fsp3) is 0.579. The molecule has 6 heteroatoms. The van der Waals surface area contributed by atoms with Crippen LogP contribution in [0.5, 0.6) is 0 Å². The molecule has 1 saturated heterocycles. The standard InChI is InChI=1S/C19H25N5O/c25-15-6-8-23(10-15)9-13-1-3-14(4-2-13)17-18-16-5-7-20-19(16)22-12-24(18)11-21-17/h5,7,11-15,20,25H,1-4,6,8-10H2/t13?,14?,15-/m0/s1. The van der Waals surface area contributed by atoms with Gasteiger partial charge in [-0.15, -0.1) is 0 Å². The summed E-state index contributed by atoms with van der Waals surface area (Å²) >= 11 is 0. The minimum absolute atomic E-state index is 0.106. The number of rotatable bonds is 3. The highest BCUT2D eigenvalue weighted by Gasteiger charge is 2.29. The van der Waals surface area contributed by atoms with Gasteiger partial charge in [-0.05, 0) is 44.1 Å². The molecule has 0 spiro atoms. The van der Waals surface area contributed by atoms with E-state index in [0.29, 0.717) is 5.92 Å². The maximum absolute atomic E-state index is 9.71. The van der Waals surface area contributed by atoms with E-state index in [4.69, 9.17) is 4.98 Å². The van der Waals surface area contributed by atoms with Gasteiger partial charge in [0.05, 0.1) is 17.3 Å². The number of H-pyrrole nitrogens is 1. The molecule has 3 aromatic heterocycles. The summed E-state index contributed by atoms with van der Waals surface area (Å²) < 4.78 is 2.06. The van der Waals surface area contributed by atoms with Crippen LogP contribution in [0.3, 0.4) is 0 Å². The summed E-state index contributed by atoms with van der Waals surface area (Å²) in [4.78, 5) is 14.8. The number of β-amino-alcohol motifs (C(OH)–C–C–N with tert-alkyl or cyclic N) is 1. The third kappa shape index (κ3) is 2.73. The molecule has 0 bridgehead atoms. The van der Waals surface area contributed by atoms with Crippen LogP contribution in [0.4, 0.5) is 0 Å². The van der Waals surface area contributed by atoms with Crippen LogP contribution in [0.25, 0.3) is 16.6 Å². The van der Waals surface area contributed by atoms with E-state index in [0.717, 1.165) is 37.6 Å². The number of aliphatic hydroxyl groups is 1. The first-order chi connectivity index (χ1) is 12.3. The lowest BCUT2D eigenvalue weighted by Gasteiger charge is -2.30. The summed E-state index contributed by atoms with van der Waals surface area (Å²) in [5, 5.41) is 10.9. The van der Waals surface area contributed by atoms with Crippen LogP contribution in [0.2, 0.25) is 0 Å². The monoisotopic (exact) mass is 339 g/mol. The number of nitrogens with one attached hydrogen (secondary N) is 1. The van der Waals surface area contributed by atoms with Gasteiger partial charge in [0.1, 0.15) is 18.3 Å². The smallest absolute Gasteiger partial charge is 0.141 e. The molecule has 3 aromatic rings. The van der Waals surface area contributed by atoms with Crippen molar-refractivity contribution in [2.75, 3.05) is 19.6 Å². The van der Waals surface area contributed by atoms with E-state index in [1.54, 1.807) is 0 Å². The van der Waals surface area contributed by atoms with Gasteiger partial charge in [-0.25, -0.2) is 9.97 Å². The predicted molar refractivity (Wildman–Crippen MR) is 96.6 cm³/mol. The number of nitrogens with zero attached hydrogens (tertiary/aromatic N) is 4. The van der Waals surface area contributed by atoms with Crippen molar-refractivity contribution in [2.24, 2.45) is 5.92 Å². The van der Waals surface area contributed by atoms with Crippen molar-refractivity contribution < 1.29 is 5.11 Å². The maximum atomic E-state index is 9.71. The highest BCUT2D eigenvalue weighted by molar-refractivity contribution is 5.93. The van der Waals surface area contributed by atoms with Gasteiger partial charge in [0.25, 0.3) is 0 Å². The largest absolute Gasteiger partial charge is 0.392 e. The Bertz CT molecular complexity index is 876. The molecular weight excluding hydrogens is 314 g/mol. The number of fused-ring (bicyclic) bond motifs is 3. The molecule has 1 aliphatic carbocycles. The molecule has 1 aliphatic heterocycles. The van der Waals surface area contributed by atoms with Crippen molar-refractivity contribution in [2.45, 2.75) is 44.1 Å². The Balaban J connectivity index is 1.32. The Labute approximate surface area is 146 Å². The number of hydrogen-bond donors (Lipinski definition) is 2. The fourth-order valence-electron chi connectivity index (χ4n) is 4.78. The van der Waals surface area contributed by atoms with Gasteiger partial charge in [-0.3, -0.25) is 4.40 Å². The molecule has 2 aliphatic rings. The molecular formula is C19H25N5O. The Morgan fingerprint density at radius 2 is 1.96 bits per heavy atom. The van der Waals surface area contributed by atoms with Crippen LogP contribution in [-0.4, -0.2) is 55.1 Å². The second-order valence-corrected chi connectivity index (χ2v) is 7.79. The van der Waals surface area contributed by atoms with Crippen molar-refractivity contribution in [1.29, 1.82) is 0 Å². The molecule has 5 rings (SSSR count).